The van der Waals surface area contributed by atoms with Crippen LogP contribution in [0, 0.1) is 6.92 Å². The van der Waals surface area contributed by atoms with E-state index in [-0.39, 0.29) is 11.9 Å². The maximum Gasteiger partial charge on any atom is 0.243 e. The van der Waals surface area contributed by atoms with Gasteiger partial charge in [0.25, 0.3) is 0 Å². The topological polar surface area (TPSA) is 54.5 Å². The standard InChI is InChI=1S/C17H21N3O2S/c1-12-3-5-14(6-4-12)15-11-23-17(18-15)19-16(21)13(2)20-7-9-22-10-8-20/h3-6,11,13H,7-10H2,1-2H3,(H,18,19,21). The van der Waals surface area contributed by atoms with Gasteiger partial charge in [0.1, 0.15) is 0 Å². The van der Waals surface area contributed by atoms with Crippen LogP contribution in [-0.4, -0.2) is 48.1 Å². The molecular formula is C17H21N3O2S. The number of anilines is 1. The van der Waals surface area contributed by atoms with E-state index in [1.165, 1.54) is 16.9 Å². The quantitative estimate of drug-likeness (QED) is 0.936. The van der Waals surface area contributed by atoms with Crippen LogP contribution < -0.4 is 5.32 Å². The maximum absolute atomic E-state index is 12.4. The number of nitrogens with zero attached hydrogens (tertiary/aromatic N) is 2. The largest absolute Gasteiger partial charge is 0.379 e. The molecule has 1 N–H and O–H groups in total. The van der Waals surface area contributed by atoms with E-state index < -0.39 is 0 Å². The number of thiazole rings is 1. The zero-order valence-corrected chi connectivity index (χ0v) is 14.2. The van der Waals surface area contributed by atoms with Crippen molar-refractivity contribution in [2.45, 2.75) is 19.9 Å². The molecule has 0 saturated carbocycles. The summed E-state index contributed by atoms with van der Waals surface area (Å²) in [6.07, 6.45) is 0. The fraction of sp³-hybridized carbons (Fsp3) is 0.412. The molecule has 1 amide bonds. The van der Waals surface area contributed by atoms with Crippen molar-refractivity contribution in [3.8, 4) is 11.3 Å². The fourth-order valence-electron chi connectivity index (χ4n) is 2.53. The van der Waals surface area contributed by atoms with Gasteiger partial charge in [-0.05, 0) is 13.8 Å². The van der Waals surface area contributed by atoms with Crippen molar-refractivity contribution >= 4 is 22.4 Å². The molecule has 0 spiro atoms. The third kappa shape index (κ3) is 3.96. The molecule has 2 aromatic rings. The summed E-state index contributed by atoms with van der Waals surface area (Å²) in [4.78, 5) is 19.0. The van der Waals surface area contributed by atoms with Gasteiger partial charge in [-0.2, -0.15) is 0 Å². The molecule has 2 heterocycles. The van der Waals surface area contributed by atoms with Crippen molar-refractivity contribution in [1.82, 2.24) is 9.88 Å². The minimum atomic E-state index is -0.175. The van der Waals surface area contributed by atoms with Crippen LogP contribution in [0.1, 0.15) is 12.5 Å². The normalized spacial score (nSPS) is 17.0. The molecule has 1 aromatic carbocycles. The number of ether oxygens (including phenoxy) is 1. The summed E-state index contributed by atoms with van der Waals surface area (Å²) in [7, 11) is 0. The zero-order chi connectivity index (χ0) is 16.2. The summed E-state index contributed by atoms with van der Waals surface area (Å²) in [5.41, 5.74) is 3.18. The van der Waals surface area contributed by atoms with Gasteiger partial charge in [-0.25, -0.2) is 4.98 Å². The smallest absolute Gasteiger partial charge is 0.243 e. The average molecular weight is 331 g/mol. The Kier molecular flexibility index (Phi) is 5.05. The summed E-state index contributed by atoms with van der Waals surface area (Å²) in [6.45, 7) is 6.94. The van der Waals surface area contributed by atoms with Crippen molar-refractivity contribution in [3.63, 3.8) is 0 Å². The van der Waals surface area contributed by atoms with Gasteiger partial charge < -0.3 is 10.1 Å². The highest BCUT2D eigenvalue weighted by Crippen LogP contribution is 2.25. The number of rotatable bonds is 4. The lowest BCUT2D eigenvalue weighted by Crippen LogP contribution is -2.47. The minimum Gasteiger partial charge on any atom is -0.379 e. The van der Waals surface area contributed by atoms with E-state index in [4.69, 9.17) is 4.74 Å². The highest BCUT2D eigenvalue weighted by molar-refractivity contribution is 7.14. The van der Waals surface area contributed by atoms with Crippen LogP contribution in [-0.2, 0) is 9.53 Å². The summed E-state index contributed by atoms with van der Waals surface area (Å²) in [6, 6.07) is 8.05. The molecule has 1 aliphatic heterocycles. The Morgan fingerprint density at radius 2 is 2.00 bits per heavy atom. The minimum absolute atomic E-state index is 0.0169. The van der Waals surface area contributed by atoms with Gasteiger partial charge in [0, 0.05) is 24.0 Å². The Morgan fingerprint density at radius 1 is 1.30 bits per heavy atom. The van der Waals surface area contributed by atoms with Crippen LogP contribution in [0.15, 0.2) is 29.6 Å². The predicted molar refractivity (Wildman–Crippen MR) is 92.8 cm³/mol. The van der Waals surface area contributed by atoms with E-state index in [0.717, 1.165) is 24.3 Å². The number of aryl methyl sites for hydroxylation is 1. The van der Waals surface area contributed by atoms with Crippen LogP contribution in [0.2, 0.25) is 0 Å². The van der Waals surface area contributed by atoms with E-state index in [2.05, 4.69) is 34.3 Å². The van der Waals surface area contributed by atoms with Gasteiger partial charge in [-0.3, -0.25) is 9.69 Å². The molecule has 5 nitrogen and oxygen atoms in total. The van der Waals surface area contributed by atoms with Gasteiger partial charge >= 0.3 is 0 Å². The molecule has 1 atom stereocenters. The summed E-state index contributed by atoms with van der Waals surface area (Å²) in [5, 5.41) is 5.54. The second-order valence-corrected chi connectivity index (χ2v) is 6.58. The van der Waals surface area contributed by atoms with Gasteiger partial charge in [0.05, 0.1) is 24.9 Å². The monoisotopic (exact) mass is 331 g/mol. The van der Waals surface area contributed by atoms with Crippen LogP contribution in [0.4, 0.5) is 5.13 Å². The number of hydrogen-bond acceptors (Lipinski definition) is 5. The van der Waals surface area contributed by atoms with E-state index >= 15 is 0 Å². The SMILES string of the molecule is Cc1ccc(-c2csc(NC(=O)C(C)N3CCOCC3)n2)cc1. The van der Waals surface area contributed by atoms with E-state index in [0.29, 0.717) is 18.3 Å². The molecule has 0 aliphatic carbocycles. The zero-order valence-electron chi connectivity index (χ0n) is 13.4. The number of hydrogen-bond donors (Lipinski definition) is 1. The van der Waals surface area contributed by atoms with Crippen molar-refractivity contribution in [2.24, 2.45) is 0 Å². The van der Waals surface area contributed by atoms with E-state index in [9.17, 15) is 4.79 Å². The van der Waals surface area contributed by atoms with Crippen LogP contribution in [0.25, 0.3) is 11.3 Å². The van der Waals surface area contributed by atoms with Gasteiger partial charge in [0.15, 0.2) is 5.13 Å². The first kappa shape index (κ1) is 16.1. The third-order valence-electron chi connectivity index (χ3n) is 4.05. The van der Waals surface area contributed by atoms with Crippen molar-refractivity contribution < 1.29 is 9.53 Å². The van der Waals surface area contributed by atoms with Crippen molar-refractivity contribution in [3.05, 3.63) is 35.2 Å². The highest BCUT2D eigenvalue weighted by atomic mass is 32.1. The summed E-state index contributed by atoms with van der Waals surface area (Å²) < 4.78 is 5.32. The van der Waals surface area contributed by atoms with Gasteiger partial charge in [-0.15, -0.1) is 11.3 Å². The number of amides is 1. The maximum atomic E-state index is 12.4. The molecule has 6 heteroatoms. The Bertz CT molecular complexity index is 663. The van der Waals surface area contributed by atoms with Crippen molar-refractivity contribution in [2.75, 3.05) is 31.6 Å². The first-order valence-corrected chi connectivity index (χ1v) is 8.66. The molecule has 1 unspecified atom stereocenters. The molecule has 122 valence electrons. The Balaban J connectivity index is 1.64. The molecule has 1 aromatic heterocycles. The molecule has 1 saturated heterocycles. The van der Waals surface area contributed by atoms with Crippen LogP contribution >= 0.6 is 11.3 Å². The van der Waals surface area contributed by atoms with Gasteiger partial charge in [-0.1, -0.05) is 29.8 Å². The molecular weight excluding hydrogens is 310 g/mol. The number of morpholine rings is 1. The molecule has 0 radical (unpaired) electrons. The van der Waals surface area contributed by atoms with Gasteiger partial charge in [0.2, 0.25) is 5.91 Å². The summed E-state index contributed by atoms with van der Waals surface area (Å²) >= 11 is 1.45. The van der Waals surface area contributed by atoms with E-state index in [1.807, 2.05) is 24.4 Å². The number of carbonyl (C=O) groups is 1. The van der Waals surface area contributed by atoms with Crippen molar-refractivity contribution in [1.29, 1.82) is 0 Å². The third-order valence-corrected chi connectivity index (χ3v) is 4.81. The lowest BCUT2D eigenvalue weighted by atomic mass is 10.1. The lowest BCUT2D eigenvalue weighted by molar-refractivity contribution is -0.122. The van der Waals surface area contributed by atoms with Crippen LogP contribution in [0.3, 0.4) is 0 Å². The fourth-order valence-corrected chi connectivity index (χ4v) is 3.25. The van der Waals surface area contributed by atoms with Crippen LogP contribution in [0.5, 0.6) is 0 Å². The number of carbonyl (C=O) groups excluding carboxylic acids is 1. The second-order valence-electron chi connectivity index (χ2n) is 5.72. The molecule has 0 bridgehead atoms. The number of nitrogens with one attached hydrogen (secondary N) is 1. The predicted octanol–water partition coefficient (Wildman–Crippen LogP) is 2.78. The molecule has 3 rings (SSSR count). The number of aromatic nitrogens is 1. The first-order chi connectivity index (χ1) is 11.1. The molecule has 1 aliphatic rings. The highest BCUT2D eigenvalue weighted by Gasteiger charge is 2.23. The molecule has 23 heavy (non-hydrogen) atoms. The Hall–Kier alpha value is -1.76. The Labute approximate surface area is 140 Å². The summed E-state index contributed by atoms with van der Waals surface area (Å²) in [5.74, 6) is -0.0169. The molecule has 1 fully saturated rings. The number of benzene rings is 1. The average Bonchev–Trinajstić information content (AvgIpc) is 3.04. The Morgan fingerprint density at radius 3 is 2.70 bits per heavy atom. The second kappa shape index (κ2) is 7.21. The van der Waals surface area contributed by atoms with E-state index in [1.54, 1.807) is 0 Å². The first-order valence-electron chi connectivity index (χ1n) is 7.79. The lowest BCUT2D eigenvalue weighted by Gasteiger charge is -2.31.